The van der Waals surface area contributed by atoms with Crippen LogP contribution in [-0.4, -0.2) is 34.5 Å². The molecule has 0 unspecified atom stereocenters. The number of aromatic nitrogens is 1. The van der Waals surface area contributed by atoms with Crippen LogP contribution in [0.1, 0.15) is 31.1 Å². The standard InChI is InChI=1S/C23H28ClN3O2/c1-16(12-20-4-3-11-29-20)25-23(28)17-7-9-27(10-8-17)15-18-14-26(2)22-6-5-19(24)13-21(18)22/h3-6,11,13-14,16-17H,7-10,12,15H2,1-2H3,(H,25,28)/t16-/m0/s1. The van der Waals surface area contributed by atoms with E-state index in [0.29, 0.717) is 0 Å². The van der Waals surface area contributed by atoms with Crippen molar-refractivity contribution in [2.75, 3.05) is 13.1 Å². The van der Waals surface area contributed by atoms with Crippen LogP contribution in [-0.2, 0) is 24.8 Å². The fraction of sp³-hybridized carbons (Fsp3) is 0.435. The SMILES string of the molecule is C[C@@H](Cc1ccco1)NC(=O)C1CCN(Cc2cn(C)c3ccc(Cl)cc23)CC1. The Morgan fingerprint density at radius 3 is 2.83 bits per heavy atom. The molecule has 6 heteroatoms. The first-order chi connectivity index (χ1) is 14.0. The molecule has 3 aromatic rings. The summed E-state index contributed by atoms with van der Waals surface area (Å²) in [5, 5.41) is 5.13. The zero-order valence-corrected chi connectivity index (χ0v) is 17.8. The lowest BCUT2D eigenvalue weighted by Crippen LogP contribution is -2.43. The molecule has 1 N–H and O–H groups in total. The topological polar surface area (TPSA) is 50.4 Å². The second kappa shape index (κ2) is 8.64. The fourth-order valence-electron chi connectivity index (χ4n) is 4.31. The number of rotatable bonds is 6. The Bertz CT molecular complexity index is 972. The molecule has 4 rings (SSSR count). The van der Waals surface area contributed by atoms with Crippen molar-refractivity contribution in [3.8, 4) is 0 Å². The summed E-state index contributed by atoms with van der Waals surface area (Å²) in [6, 6.07) is 9.96. The summed E-state index contributed by atoms with van der Waals surface area (Å²) in [5.41, 5.74) is 2.49. The van der Waals surface area contributed by atoms with Crippen molar-refractivity contribution in [3.63, 3.8) is 0 Å². The minimum absolute atomic E-state index is 0.0760. The smallest absolute Gasteiger partial charge is 0.223 e. The minimum atomic E-state index is 0.0760. The molecule has 0 spiro atoms. The van der Waals surface area contributed by atoms with Crippen LogP contribution >= 0.6 is 11.6 Å². The molecule has 0 bridgehead atoms. The Labute approximate surface area is 176 Å². The average molecular weight is 414 g/mol. The van der Waals surface area contributed by atoms with Crippen LogP contribution in [0.5, 0.6) is 0 Å². The second-order valence-corrected chi connectivity index (χ2v) is 8.61. The molecule has 1 aliphatic rings. The van der Waals surface area contributed by atoms with Gasteiger partial charge in [0.2, 0.25) is 5.91 Å². The number of hydrogen-bond acceptors (Lipinski definition) is 3. The molecule has 1 fully saturated rings. The third-order valence-corrected chi connectivity index (χ3v) is 6.10. The summed E-state index contributed by atoms with van der Waals surface area (Å²) in [4.78, 5) is 15.1. The maximum Gasteiger partial charge on any atom is 0.223 e. The van der Waals surface area contributed by atoms with Crippen molar-refractivity contribution in [3.05, 3.63) is 59.1 Å². The fourth-order valence-corrected chi connectivity index (χ4v) is 4.48. The van der Waals surface area contributed by atoms with Gasteiger partial charge in [-0.05, 0) is 68.8 Å². The van der Waals surface area contributed by atoms with Gasteiger partial charge in [-0.15, -0.1) is 0 Å². The van der Waals surface area contributed by atoms with Crippen molar-refractivity contribution >= 4 is 28.4 Å². The lowest BCUT2D eigenvalue weighted by molar-refractivity contribution is -0.127. The Morgan fingerprint density at radius 1 is 1.31 bits per heavy atom. The highest BCUT2D eigenvalue weighted by atomic mass is 35.5. The number of nitrogens with one attached hydrogen (secondary N) is 1. The van der Waals surface area contributed by atoms with E-state index in [1.54, 1.807) is 6.26 Å². The van der Waals surface area contributed by atoms with Crippen molar-refractivity contribution in [1.29, 1.82) is 0 Å². The molecule has 1 amide bonds. The number of likely N-dealkylation sites (tertiary alicyclic amines) is 1. The van der Waals surface area contributed by atoms with E-state index in [1.165, 1.54) is 16.5 Å². The molecule has 0 aliphatic carbocycles. The quantitative estimate of drug-likeness (QED) is 0.652. The van der Waals surface area contributed by atoms with Crippen LogP contribution in [0, 0.1) is 5.92 Å². The van der Waals surface area contributed by atoms with Crippen LogP contribution in [0.4, 0.5) is 0 Å². The predicted molar refractivity (Wildman–Crippen MR) is 116 cm³/mol. The second-order valence-electron chi connectivity index (χ2n) is 8.17. The maximum atomic E-state index is 12.6. The molecule has 1 saturated heterocycles. The summed E-state index contributed by atoms with van der Waals surface area (Å²) in [5.74, 6) is 1.16. The monoisotopic (exact) mass is 413 g/mol. The average Bonchev–Trinajstić information content (AvgIpc) is 3.30. The highest BCUT2D eigenvalue weighted by Crippen LogP contribution is 2.27. The van der Waals surface area contributed by atoms with Crippen molar-refractivity contribution in [1.82, 2.24) is 14.8 Å². The Morgan fingerprint density at radius 2 is 2.10 bits per heavy atom. The van der Waals surface area contributed by atoms with Crippen molar-refractivity contribution in [2.45, 2.75) is 38.8 Å². The molecular weight excluding hydrogens is 386 g/mol. The number of piperidine rings is 1. The van der Waals surface area contributed by atoms with Gasteiger partial charge in [-0.1, -0.05) is 11.6 Å². The largest absolute Gasteiger partial charge is 0.469 e. The van der Waals surface area contributed by atoms with Gasteiger partial charge >= 0.3 is 0 Å². The molecule has 0 saturated carbocycles. The summed E-state index contributed by atoms with van der Waals surface area (Å²) in [6.07, 6.45) is 6.37. The van der Waals surface area contributed by atoms with Gasteiger partial charge in [-0.3, -0.25) is 9.69 Å². The molecular formula is C23H28ClN3O2. The number of carbonyl (C=O) groups excluding carboxylic acids is 1. The number of amides is 1. The van der Waals surface area contributed by atoms with Gasteiger partial charge in [-0.2, -0.15) is 0 Å². The zero-order chi connectivity index (χ0) is 20.4. The molecule has 1 aliphatic heterocycles. The molecule has 154 valence electrons. The van der Waals surface area contributed by atoms with Crippen LogP contribution in [0.3, 0.4) is 0 Å². The number of halogens is 1. The Balaban J connectivity index is 1.30. The van der Waals surface area contributed by atoms with Crippen LogP contribution in [0.2, 0.25) is 5.02 Å². The third kappa shape index (κ3) is 4.68. The zero-order valence-electron chi connectivity index (χ0n) is 17.0. The highest BCUT2D eigenvalue weighted by Gasteiger charge is 2.26. The first-order valence-corrected chi connectivity index (χ1v) is 10.7. The first-order valence-electron chi connectivity index (χ1n) is 10.3. The van der Waals surface area contributed by atoms with Crippen molar-refractivity contribution < 1.29 is 9.21 Å². The van der Waals surface area contributed by atoms with Gasteiger partial charge in [0.15, 0.2) is 0 Å². The van der Waals surface area contributed by atoms with Gasteiger partial charge < -0.3 is 14.3 Å². The van der Waals surface area contributed by atoms with Crippen LogP contribution in [0.25, 0.3) is 10.9 Å². The molecule has 2 aromatic heterocycles. The van der Waals surface area contributed by atoms with E-state index in [2.05, 4.69) is 34.1 Å². The normalized spacial score (nSPS) is 16.9. The van der Waals surface area contributed by atoms with E-state index >= 15 is 0 Å². The summed E-state index contributed by atoms with van der Waals surface area (Å²) >= 11 is 6.21. The molecule has 1 aromatic carbocycles. The third-order valence-electron chi connectivity index (χ3n) is 5.86. The Hall–Kier alpha value is -2.24. The number of aryl methyl sites for hydroxylation is 1. The first kappa shape index (κ1) is 20.0. The van der Waals surface area contributed by atoms with Crippen molar-refractivity contribution in [2.24, 2.45) is 13.0 Å². The molecule has 0 radical (unpaired) electrons. The van der Waals surface area contributed by atoms with Crippen LogP contribution in [0.15, 0.2) is 47.2 Å². The van der Waals surface area contributed by atoms with Gasteiger partial charge in [-0.25, -0.2) is 0 Å². The number of furan rings is 1. The van der Waals surface area contributed by atoms with E-state index in [-0.39, 0.29) is 17.9 Å². The maximum absolute atomic E-state index is 12.6. The highest BCUT2D eigenvalue weighted by molar-refractivity contribution is 6.31. The lowest BCUT2D eigenvalue weighted by atomic mass is 9.95. The molecule has 29 heavy (non-hydrogen) atoms. The lowest BCUT2D eigenvalue weighted by Gasteiger charge is -2.31. The van der Waals surface area contributed by atoms with Gasteiger partial charge in [0, 0.05) is 54.1 Å². The van der Waals surface area contributed by atoms with Crippen LogP contribution < -0.4 is 5.32 Å². The van der Waals surface area contributed by atoms with Gasteiger partial charge in [0.25, 0.3) is 0 Å². The van der Waals surface area contributed by atoms with E-state index in [1.807, 2.05) is 31.2 Å². The van der Waals surface area contributed by atoms with E-state index in [4.69, 9.17) is 16.0 Å². The minimum Gasteiger partial charge on any atom is -0.469 e. The summed E-state index contributed by atoms with van der Waals surface area (Å²) in [6.45, 7) is 4.78. The van der Waals surface area contributed by atoms with E-state index in [9.17, 15) is 4.79 Å². The number of hydrogen-bond donors (Lipinski definition) is 1. The number of nitrogens with zero attached hydrogens (tertiary/aromatic N) is 2. The number of benzene rings is 1. The summed E-state index contributed by atoms with van der Waals surface area (Å²) in [7, 11) is 2.07. The van der Waals surface area contributed by atoms with Gasteiger partial charge in [0.05, 0.1) is 6.26 Å². The predicted octanol–water partition coefficient (Wildman–Crippen LogP) is 4.38. The van der Waals surface area contributed by atoms with Gasteiger partial charge in [0.1, 0.15) is 5.76 Å². The number of fused-ring (bicyclic) bond motifs is 1. The van der Waals surface area contributed by atoms with E-state index < -0.39 is 0 Å². The molecule has 1 atom stereocenters. The number of carbonyl (C=O) groups is 1. The van der Waals surface area contributed by atoms with E-state index in [0.717, 1.165) is 49.7 Å². The summed E-state index contributed by atoms with van der Waals surface area (Å²) < 4.78 is 7.53. The molecule has 5 nitrogen and oxygen atoms in total. The Kier molecular flexibility index (Phi) is 5.97. The molecule has 3 heterocycles.